The van der Waals surface area contributed by atoms with E-state index in [4.69, 9.17) is 4.74 Å². The van der Waals surface area contributed by atoms with Crippen molar-refractivity contribution in [3.05, 3.63) is 12.7 Å². The summed E-state index contributed by atoms with van der Waals surface area (Å²) in [6, 6.07) is 0.139. The lowest BCUT2D eigenvalue weighted by Gasteiger charge is -2.40. The third-order valence-corrected chi connectivity index (χ3v) is 4.68. The van der Waals surface area contributed by atoms with Crippen molar-refractivity contribution < 1.29 is 9.53 Å². The maximum absolute atomic E-state index is 12.4. The Bertz CT molecular complexity index is 484. The molecule has 1 aromatic rings. The molecular weight excluding hydrogens is 282 g/mol. The van der Waals surface area contributed by atoms with Gasteiger partial charge in [0.25, 0.3) is 0 Å². The number of ether oxygens (including phenoxy) is 1. The van der Waals surface area contributed by atoms with Gasteiger partial charge in [0.05, 0.1) is 18.8 Å². The monoisotopic (exact) mass is 307 g/mol. The highest BCUT2D eigenvalue weighted by atomic mass is 16.5. The predicted molar refractivity (Wildman–Crippen MR) is 81.4 cm³/mol. The molecule has 3 rings (SSSR count). The van der Waals surface area contributed by atoms with Gasteiger partial charge in [-0.15, -0.1) is 0 Å². The Morgan fingerprint density at radius 1 is 1.45 bits per heavy atom. The number of urea groups is 1. The zero-order valence-electron chi connectivity index (χ0n) is 13.2. The minimum Gasteiger partial charge on any atom is -0.371 e. The number of hydrogen-bond acceptors (Lipinski definition) is 4. The van der Waals surface area contributed by atoms with Crippen molar-refractivity contribution in [3.63, 3.8) is 0 Å². The topological polar surface area (TPSA) is 72.3 Å². The van der Waals surface area contributed by atoms with Gasteiger partial charge >= 0.3 is 6.03 Å². The average Bonchev–Trinajstić information content (AvgIpc) is 3.17. The van der Waals surface area contributed by atoms with E-state index in [9.17, 15) is 4.79 Å². The molecular formula is C15H25N5O2. The molecule has 1 N–H and O–H groups in total. The van der Waals surface area contributed by atoms with E-state index in [1.807, 2.05) is 11.8 Å². The number of morpholine rings is 1. The predicted octanol–water partition coefficient (Wildman–Crippen LogP) is 1.41. The summed E-state index contributed by atoms with van der Waals surface area (Å²) in [7, 11) is 0. The second-order valence-electron chi connectivity index (χ2n) is 6.46. The fourth-order valence-corrected chi connectivity index (χ4v) is 3.39. The van der Waals surface area contributed by atoms with Crippen LogP contribution in [0.5, 0.6) is 0 Å². The second kappa shape index (κ2) is 6.64. The van der Waals surface area contributed by atoms with Crippen LogP contribution < -0.4 is 5.32 Å². The number of rotatable bonds is 4. The summed E-state index contributed by atoms with van der Waals surface area (Å²) in [6.45, 7) is 4.86. The minimum atomic E-state index is -0.0699. The summed E-state index contributed by atoms with van der Waals surface area (Å²) in [5.41, 5.74) is -0.0699. The standard InChI is InChI=1S/C15H25N5O2/c1-13(4-7-20-12-16-11-17-20)18-14(21)19-8-9-22-15(10-19)5-2-3-6-15/h11-13H,2-10H2,1H3,(H,18,21)/t13-/m0/s1. The van der Waals surface area contributed by atoms with Gasteiger partial charge in [-0.3, -0.25) is 4.68 Å². The van der Waals surface area contributed by atoms with E-state index in [0.29, 0.717) is 13.2 Å². The van der Waals surface area contributed by atoms with Gasteiger partial charge in [0.2, 0.25) is 0 Å². The first kappa shape index (κ1) is 15.3. The normalized spacial score (nSPS) is 22.0. The smallest absolute Gasteiger partial charge is 0.317 e. The van der Waals surface area contributed by atoms with E-state index in [2.05, 4.69) is 15.4 Å². The van der Waals surface area contributed by atoms with E-state index in [1.165, 1.54) is 19.2 Å². The van der Waals surface area contributed by atoms with Crippen LogP contribution in [-0.4, -0.2) is 57.0 Å². The lowest BCUT2D eigenvalue weighted by Crippen LogP contribution is -2.56. The van der Waals surface area contributed by atoms with Gasteiger partial charge in [-0.2, -0.15) is 5.10 Å². The first-order valence-electron chi connectivity index (χ1n) is 8.19. The number of nitrogens with one attached hydrogen (secondary N) is 1. The fraction of sp³-hybridized carbons (Fsp3) is 0.800. The van der Waals surface area contributed by atoms with Crippen LogP contribution >= 0.6 is 0 Å². The third kappa shape index (κ3) is 3.58. The van der Waals surface area contributed by atoms with E-state index < -0.39 is 0 Å². The third-order valence-electron chi connectivity index (χ3n) is 4.68. The maximum Gasteiger partial charge on any atom is 0.317 e. The summed E-state index contributed by atoms with van der Waals surface area (Å²) < 4.78 is 7.75. The van der Waals surface area contributed by atoms with Crippen molar-refractivity contribution in [2.45, 2.75) is 57.2 Å². The molecule has 122 valence electrons. The molecule has 1 atom stereocenters. The molecule has 0 aromatic carbocycles. The van der Waals surface area contributed by atoms with Crippen molar-refractivity contribution in [1.29, 1.82) is 0 Å². The van der Waals surface area contributed by atoms with Gasteiger partial charge in [0.15, 0.2) is 0 Å². The first-order chi connectivity index (χ1) is 10.7. The number of hydrogen-bond donors (Lipinski definition) is 1. The van der Waals surface area contributed by atoms with Crippen LogP contribution in [0.3, 0.4) is 0 Å². The van der Waals surface area contributed by atoms with E-state index in [1.54, 1.807) is 11.0 Å². The van der Waals surface area contributed by atoms with Crippen LogP contribution in [0.4, 0.5) is 4.79 Å². The van der Waals surface area contributed by atoms with Crippen molar-refractivity contribution in [1.82, 2.24) is 25.0 Å². The van der Waals surface area contributed by atoms with Crippen LogP contribution in [0, 0.1) is 0 Å². The summed E-state index contributed by atoms with van der Waals surface area (Å²) in [4.78, 5) is 18.3. The highest BCUT2D eigenvalue weighted by molar-refractivity contribution is 5.74. The molecule has 2 heterocycles. The number of aromatic nitrogens is 3. The number of nitrogens with zero attached hydrogens (tertiary/aromatic N) is 4. The SMILES string of the molecule is C[C@@H](CCn1cncn1)NC(=O)N1CCOC2(CCCC2)C1. The highest BCUT2D eigenvalue weighted by Gasteiger charge is 2.40. The van der Waals surface area contributed by atoms with Gasteiger partial charge in [0.1, 0.15) is 12.7 Å². The Kier molecular flexibility index (Phi) is 4.61. The average molecular weight is 307 g/mol. The zero-order chi connectivity index (χ0) is 15.4. The molecule has 1 aromatic heterocycles. The number of carbonyl (C=O) groups is 1. The summed E-state index contributed by atoms with van der Waals surface area (Å²) in [6.07, 6.45) is 8.65. The molecule has 7 nitrogen and oxygen atoms in total. The van der Waals surface area contributed by atoms with Gasteiger partial charge in [-0.05, 0) is 26.2 Å². The zero-order valence-corrected chi connectivity index (χ0v) is 13.2. The first-order valence-corrected chi connectivity index (χ1v) is 8.19. The van der Waals surface area contributed by atoms with Gasteiger partial charge < -0.3 is 15.0 Å². The lowest BCUT2D eigenvalue weighted by molar-refractivity contribution is -0.0927. The Labute approximate surface area is 131 Å². The number of amides is 2. The van der Waals surface area contributed by atoms with Crippen molar-refractivity contribution in [3.8, 4) is 0 Å². The minimum absolute atomic E-state index is 0.0284. The number of carbonyl (C=O) groups excluding carboxylic acids is 1. The summed E-state index contributed by atoms with van der Waals surface area (Å²) in [5, 5.41) is 7.16. The summed E-state index contributed by atoms with van der Waals surface area (Å²) in [5.74, 6) is 0. The van der Waals surface area contributed by atoms with Gasteiger partial charge in [-0.1, -0.05) is 12.8 Å². The van der Waals surface area contributed by atoms with Gasteiger partial charge in [-0.25, -0.2) is 9.78 Å². The van der Waals surface area contributed by atoms with Crippen LogP contribution in [0.25, 0.3) is 0 Å². The molecule has 22 heavy (non-hydrogen) atoms. The molecule has 2 aliphatic rings. The quantitative estimate of drug-likeness (QED) is 0.913. The maximum atomic E-state index is 12.4. The van der Waals surface area contributed by atoms with Crippen LogP contribution in [0.1, 0.15) is 39.0 Å². The van der Waals surface area contributed by atoms with Crippen molar-refractivity contribution >= 4 is 6.03 Å². The van der Waals surface area contributed by atoms with Crippen LogP contribution in [-0.2, 0) is 11.3 Å². The molecule has 0 radical (unpaired) electrons. The highest BCUT2D eigenvalue weighted by Crippen LogP contribution is 2.35. The Hall–Kier alpha value is -1.63. The molecule has 1 spiro atoms. The molecule has 2 fully saturated rings. The van der Waals surface area contributed by atoms with E-state index in [-0.39, 0.29) is 17.7 Å². The largest absolute Gasteiger partial charge is 0.371 e. The van der Waals surface area contributed by atoms with E-state index in [0.717, 1.165) is 32.4 Å². The van der Waals surface area contributed by atoms with Crippen LogP contribution in [0.2, 0.25) is 0 Å². The molecule has 1 aliphatic carbocycles. The second-order valence-corrected chi connectivity index (χ2v) is 6.46. The summed E-state index contributed by atoms with van der Waals surface area (Å²) >= 11 is 0. The van der Waals surface area contributed by atoms with E-state index >= 15 is 0 Å². The van der Waals surface area contributed by atoms with Crippen molar-refractivity contribution in [2.24, 2.45) is 0 Å². The Morgan fingerprint density at radius 2 is 2.27 bits per heavy atom. The molecule has 1 saturated carbocycles. The number of aryl methyl sites for hydroxylation is 1. The molecule has 1 aliphatic heterocycles. The van der Waals surface area contributed by atoms with Crippen molar-refractivity contribution in [2.75, 3.05) is 19.7 Å². The lowest BCUT2D eigenvalue weighted by atomic mass is 10.00. The molecule has 0 bridgehead atoms. The molecule has 2 amide bonds. The molecule has 0 unspecified atom stereocenters. The Morgan fingerprint density at radius 3 is 3.00 bits per heavy atom. The molecule has 7 heteroatoms. The fourth-order valence-electron chi connectivity index (χ4n) is 3.39. The van der Waals surface area contributed by atoms with Gasteiger partial charge in [0, 0.05) is 19.1 Å². The van der Waals surface area contributed by atoms with Crippen LogP contribution in [0.15, 0.2) is 12.7 Å². The Balaban J connectivity index is 1.46. The molecule has 1 saturated heterocycles.